The van der Waals surface area contributed by atoms with E-state index in [1.807, 2.05) is 67.4 Å². The number of carbonyl (C=O) groups is 1. The molecule has 0 unspecified atom stereocenters. The molecule has 0 heterocycles. The number of halogens is 1. The van der Waals surface area contributed by atoms with Crippen molar-refractivity contribution >= 4 is 27.5 Å². The molecular formula is C19H23BrN2O3. The number of carbonyl (C=O) groups excluding carboxylic acids is 1. The molecular weight excluding hydrogens is 384 g/mol. The predicted molar refractivity (Wildman–Crippen MR) is 103 cm³/mol. The Bertz CT molecular complexity index is 691. The lowest BCUT2D eigenvalue weighted by molar-refractivity contribution is -0.120. The second-order valence-electron chi connectivity index (χ2n) is 5.65. The lowest BCUT2D eigenvalue weighted by atomic mass is 10.2. The average molecular weight is 407 g/mol. The number of benzene rings is 2. The first-order chi connectivity index (χ1) is 12.0. The van der Waals surface area contributed by atoms with Crippen LogP contribution in [0.25, 0.3) is 0 Å². The van der Waals surface area contributed by atoms with E-state index >= 15 is 0 Å². The van der Waals surface area contributed by atoms with Crippen LogP contribution in [0.3, 0.4) is 0 Å². The van der Waals surface area contributed by atoms with Gasteiger partial charge in [0.25, 0.3) is 0 Å². The van der Waals surface area contributed by atoms with E-state index in [0.717, 1.165) is 10.2 Å². The van der Waals surface area contributed by atoms with Gasteiger partial charge in [-0.1, -0.05) is 28.1 Å². The van der Waals surface area contributed by atoms with Gasteiger partial charge < -0.3 is 14.8 Å². The summed E-state index contributed by atoms with van der Waals surface area (Å²) in [5, 5.41) is 2.90. The molecule has 1 atom stereocenters. The maximum atomic E-state index is 12.4. The average Bonchev–Trinajstić information content (AvgIpc) is 2.63. The van der Waals surface area contributed by atoms with Crippen LogP contribution >= 0.6 is 15.9 Å². The van der Waals surface area contributed by atoms with Crippen molar-refractivity contribution in [3.8, 4) is 11.5 Å². The molecule has 0 fully saturated rings. The molecule has 6 heteroatoms. The molecule has 0 aliphatic carbocycles. The third-order valence-corrected chi connectivity index (χ3v) is 4.46. The number of hydrogen-bond acceptors (Lipinski definition) is 4. The summed E-state index contributed by atoms with van der Waals surface area (Å²) in [6, 6.07) is 14.7. The fourth-order valence-corrected chi connectivity index (χ4v) is 2.48. The van der Waals surface area contributed by atoms with Crippen LogP contribution in [-0.2, 0) is 4.79 Å². The number of hydrogen-bond donors (Lipinski definition) is 1. The highest BCUT2D eigenvalue weighted by atomic mass is 79.9. The van der Waals surface area contributed by atoms with Crippen molar-refractivity contribution in [3.63, 3.8) is 0 Å². The zero-order valence-corrected chi connectivity index (χ0v) is 16.2. The van der Waals surface area contributed by atoms with Gasteiger partial charge in [-0.05, 0) is 50.4 Å². The molecule has 2 rings (SSSR count). The van der Waals surface area contributed by atoms with Gasteiger partial charge in [-0.15, -0.1) is 0 Å². The van der Waals surface area contributed by atoms with Crippen LogP contribution in [0.1, 0.15) is 6.92 Å². The molecule has 25 heavy (non-hydrogen) atoms. The molecule has 0 aromatic heterocycles. The van der Waals surface area contributed by atoms with Crippen LogP contribution in [0.5, 0.6) is 11.5 Å². The van der Waals surface area contributed by atoms with Crippen LogP contribution in [0.15, 0.2) is 53.0 Å². The molecule has 0 aliphatic heterocycles. The van der Waals surface area contributed by atoms with Gasteiger partial charge in [-0.2, -0.15) is 0 Å². The van der Waals surface area contributed by atoms with E-state index in [-0.39, 0.29) is 11.9 Å². The first-order valence-electron chi connectivity index (χ1n) is 8.03. The summed E-state index contributed by atoms with van der Waals surface area (Å²) in [7, 11) is 3.48. The summed E-state index contributed by atoms with van der Waals surface area (Å²) in [6.07, 6.45) is 0. The van der Waals surface area contributed by atoms with Crippen molar-refractivity contribution in [3.05, 3.63) is 53.0 Å². The van der Waals surface area contributed by atoms with Gasteiger partial charge >= 0.3 is 0 Å². The molecule has 0 saturated carbocycles. The molecule has 1 amide bonds. The van der Waals surface area contributed by atoms with E-state index < -0.39 is 0 Å². The quantitative estimate of drug-likeness (QED) is 0.724. The van der Waals surface area contributed by atoms with Crippen LogP contribution in [0, 0.1) is 0 Å². The summed E-state index contributed by atoms with van der Waals surface area (Å²) in [4.78, 5) is 14.4. The van der Waals surface area contributed by atoms with Crippen molar-refractivity contribution in [2.75, 3.05) is 32.6 Å². The van der Waals surface area contributed by atoms with E-state index in [9.17, 15) is 4.79 Å². The Balaban J connectivity index is 1.83. The normalized spacial score (nSPS) is 11.9. The van der Waals surface area contributed by atoms with Gasteiger partial charge in [0.1, 0.15) is 18.1 Å². The number of likely N-dealkylation sites (N-methyl/N-ethyl adjacent to an activating group) is 1. The van der Waals surface area contributed by atoms with Crippen molar-refractivity contribution in [1.82, 2.24) is 4.90 Å². The van der Waals surface area contributed by atoms with Crippen molar-refractivity contribution in [2.45, 2.75) is 13.0 Å². The van der Waals surface area contributed by atoms with Gasteiger partial charge in [0.2, 0.25) is 5.91 Å². The van der Waals surface area contributed by atoms with Gasteiger partial charge in [0.15, 0.2) is 0 Å². The van der Waals surface area contributed by atoms with Crippen molar-refractivity contribution in [1.29, 1.82) is 0 Å². The maximum absolute atomic E-state index is 12.4. The van der Waals surface area contributed by atoms with E-state index in [0.29, 0.717) is 24.6 Å². The van der Waals surface area contributed by atoms with Crippen LogP contribution in [-0.4, -0.2) is 44.2 Å². The molecule has 0 saturated heterocycles. The molecule has 0 spiro atoms. The highest BCUT2D eigenvalue weighted by molar-refractivity contribution is 9.10. The molecule has 2 aromatic rings. The molecule has 134 valence electrons. The largest absolute Gasteiger partial charge is 0.495 e. The minimum absolute atomic E-state index is 0.0874. The van der Waals surface area contributed by atoms with E-state index in [4.69, 9.17) is 9.47 Å². The molecule has 2 aromatic carbocycles. The lowest BCUT2D eigenvalue weighted by Crippen LogP contribution is -2.41. The Hall–Kier alpha value is -2.05. The number of ether oxygens (including phenoxy) is 2. The number of methoxy groups -OCH3 is 1. The lowest BCUT2D eigenvalue weighted by Gasteiger charge is -2.24. The number of para-hydroxylation sites is 2. The third kappa shape index (κ3) is 5.76. The topological polar surface area (TPSA) is 50.8 Å². The first-order valence-corrected chi connectivity index (χ1v) is 8.83. The van der Waals surface area contributed by atoms with E-state index in [1.54, 1.807) is 7.11 Å². The van der Waals surface area contributed by atoms with Crippen molar-refractivity contribution < 1.29 is 14.3 Å². The number of nitrogens with one attached hydrogen (secondary N) is 1. The summed E-state index contributed by atoms with van der Waals surface area (Å²) < 4.78 is 12.0. The Morgan fingerprint density at radius 3 is 2.56 bits per heavy atom. The summed E-state index contributed by atoms with van der Waals surface area (Å²) in [6.45, 7) is 3.01. The smallest absolute Gasteiger partial charge is 0.241 e. The fraction of sp³-hybridized carbons (Fsp3) is 0.316. The summed E-state index contributed by atoms with van der Waals surface area (Å²) in [5.41, 5.74) is 0.668. The highest BCUT2D eigenvalue weighted by Crippen LogP contribution is 2.23. The zero-order chi connectivity index (χ0) is 18.2. The molecule has 1 N–H and O–H groups in total. The monoisotopic (exact) mass is 406 g/mol. The second kappa shape index (κ2) is 9.44. The number of rotatable bonds is 8. The summed E-state index contributed by atoms with van der Waals surface area (Å²) in [5.74, 6) is 1.36. The summed E-state index contributed by atoms with van der Waals surface area (Å²) >= 11 is 3.39. The van der Waals surface area contributed by atoms with Gasteiger partial charge in [-0.3, -0.25) is 9.69 Å². The molecule has 5 nitrogen and oxygen atoms in total. The minimum atomic E-state index is -0.293. The Kier molecular flexibility index (Phi) is 7.28. The van der Waals surface area contributed by atoms with Crippen LogP contribution < -0.4 is 14.8 Å². The number of anilines is 1. The Labute approximate surface area is 157 Å². The van der Waals surface area contributed by atoms with Gasteiger partial charge in [0.05, 0.1) is 18.8 Å². The van der Waals surface area contributed by atoms with E-state index in [2.05, 4.69) is 21.2 Å². The highest BCUT2D eigenvalue weighted by Gasteiger charge is 2.19. The first kappa shape index (κ1) is 19.3. The molecule has 0 radical (unpaired) electrons. The van der Waals surface area contributed by atoms with Crippen LogP contribution in [0.4, 0.5) is 5.69 Å². The molecule has 0 aliphatic rings. The maximum Gasteiger partial charge on any atom is 0.241 e. The number of nitrogens with zero attached hydrogens (tertiary/aromatic N) is 1. The molecule has 0 bridgehead atoms. The SMILES string of the molecule is COc1ccccc1NC(=O)[C@H](C)N(C)CCOc1ccc(Br)cc1. The van der Waals surface area contributed by atoms with E-state index in [1.165, 1.54) is 0 Å². The zero-order valence-electron chi connectivity index (χ0n) is 14.7. The minimum Gasteiger partial charge on any atom is -0.495 e. The van der Waals surface area contributed by atoms with Crippen LogP contribution in [0.2, 0.25) is 0 Å². The third-order valence-electron chi connectivity index (χ3n) is 3.93. The Morgan fingerprint density at radius 1 is 1.20 bits per heavy atom. The fourth-order valence-electron chi connectivity index (χ4n) is 2.22. The Morgan fingerprint density at radius 2 is 1.88 bits per heavy atom. The van der Waals surface area contributed by atoms with Gasteiger partial charge in [0, 0.05) is 11.0 Å². The predicted octanol–water partition coefficient (Wildman–Crippen LogP) is 3.80. The van der Waals surface area contributed by atoms with Crippen molar-refractivity contribution in [2.24, 2.45) is 0 Å². The van der Waals surface area contributed by atoms with Gasteiger partial charge in [-0.25, -0.2) is 0 Å². The second-order valence-corrected chi connectivity index (χ2v) is 6.56. The standard InChI is InChI=1S/C19H23BrN2O3/c1-14(19(23)21-17-6-4-5-7-18(17)24-3)22(2)12-13-25-16-10-8-15(20)9-11-16/h4-11,14H,12-13H2,1-3H3,(H,21,23)/t14-/m0/s1. The number of amides is 1.